The lowest BCUT2D eigenvalue weighted by atomic mass is 10.2. The standard InChI is InChI=1S/C18H19N3O3S3/c1-3-21(4-2)27(23,24)14-9-7-13(8-10-14)17(22)20-18-19-15(12-26-18)16-6-5-11-25-16/h5-12H,3-4H2,1-2H3,(H,19,20,22). The molecule has 6 nitrogen and oxygen atoms in total. The van der Waals surface area contributed by atoms with Crippen molar-refractivity contribution in [3.8, 4) is 10.6 Å². The van der Waals surface area contributed by atoms with E-state index < -0.39 is 10.0 Å². The van der Waals surface area contributed by atoms with Gasteiger partial charge in [-0.15, -0.1) is 22.7 Å². The summed E-state index contributed by atoms with van der Waals surface area (Å²) in [4.78, 5) is 18.0. The molecule has 0 saturated carbocycles. The van der Waals surface area contributed by atoms with Gasteiger partial charge in [-0.3, -0.25) is 10.1 Å². The molecule has 0 atom stereocenters. The van der Waals surface area contributed by atoms with E-state index in [0.29, 0.717) is 23.8 Å². The highest BCUT2D eigenvalue weighted by Crippen LogP contribution is 2.28. The number of anilines is 1. The number of thiophene rings is 1. The predicted molar refractivity (Wildman–Crippen MR) is 110 cm³/mol. The van der Waals surface area contributed by atoms with Crippen LogP contribution in [0.5, 0.6) is 0 Å². The Labute approximate surface area is 166 Å². The minimum atomic E-state index is -3.53. The van der Waals surface area contributed by atoms with Crippen LogP contribution in [0.15, 0.2) is 52.1 Å². The second kappa shape index (κ2) is 8.30. The minimum absolute atomic E-state index is 0.178. The molecule has 2 aromatic heterocycles. The Hall–Kier alpha value is -2.07. The van der Waals surface area contributed by atoms with Gasteiger partial charge < -0.3 is 0 Å². The number of sulfonamides is 1. The van der Waals surface area contributed by atoms with Crippen LogP contribution in [0.25, 0.3) is 10.6 Å². The largest absolute Gasteiger partial charge is 0.298 e. The summed E-state index contributed by atoms with van der Waals surface area (Å²) in [6, 6.07) is 9.87. The third-order valence-electron chi connectivity index (χ3n) is 3.96. The number of carbonyl (C=O) groups excluding carboxylic acids is 1. The van der Waals surface area contributed by atoms with Gasteiger partial charge >= 0.3 is 0 Å². The summed E-state index contributed by atoms with van der Waals surface area (Å²) in [5, 5.41) is 7.12. The fourth-order valence-electron chi connectivity index (χ4n) is 2.53. The van der Waals surface area contributed by atoms with E-state index in [1.54, 1.807) is 25.2 Å². The average Bonchev–Trinajstić information content (AvgIpc) is 3.34. The van der Waals surface area contributed by atoms with Gasteiger partial charge in [0.05, 0.1) is 15.5 Å². The van der Waals surface area contributed by atoms with E-state index >= 15 is 0 Å². The number of hydrogen-bond acceptors (Lipinski definition) is 6. The lowest BCUT2D eigenvalue weighted by molar-refractivity contribution is 0.102. The van der Waals surface area contributed by atoms with Gasteiger partial charge in [-0.1, -0.05) is 19.9 Å². The second-order valence-corrected chi connectivity index (χ2v) is 9.33. The topological polar surface area (TPSA) is 79.4 Å². The normalized spacial score (nSPS) is 11.7. The van der Waals surface area contributed by atoms with Crippen molar-refractivity contribution in [2.75, 3.05) is 18.4 Å². The Morgan fingerprint density at radius 1 is 1.11 bits per heavy atom. The van der Waals surface area contributed by atoms with Crippen LogP contribution in [0.3, 0.4) is 0 Å². The fraction of sp³-hybridized carbons (Fsp3) is 0.222. The number of rotatable bonds is 7. The van der Waals surface area contributed by atoms with Crippen LogP contribution in [0.1, 0.15) is 24.2 Å². The molecule has 0 spiro atoms. The molecule has 9 heteroatoms. The molecular weight excluding hydrogens is 402 g/mol. The minimum Gasteiger partial charge on any atom is -0.298 e. The van der Waals surface area contributed by atoms with Gasteiger partial charge in [-0.2, -0.15) is 4.31 Å². The summed E-state index contributed by atoms with van der Waals surface area (Å²) in [5.41, 5.74) is 1.20. The van der Waals surface area contributed by atoms with Gasteiger partial charge in [-0.25, -0.2) is 13.4 Å². The van der Waals surface area contributed by atoms with E-state index in [9.17, 15) is 13.2 Å². The summed E-state index contributed by atoms with van der Waals surface area (Å²) >= 11 is 2.93. The predicted octanol–water partition coefficient (Wildman–Crippen LogP) is 4.15. The number of nitrogens with zero attached hydrogens (tertiary/aromatic N) is 2. The van der Waals surface area contributed by atoms with Crippen molar-refractivity contribution in [2.45, 2.75) is 18.7 Å². The highest BCUT2D eigenvalue weighted by molar-refractivity contribution is 7.89. The van der Waals surface area contributed by atoms with E-state index in [-0.39, 0.29) is 10.8 Å². The molecule has 142 valence electrons. The zero-order valence-corrected chi connectivity index (χ0v) is 17.3. The Morgan fingerprint density at radius 2 is 1.81 bits per heavy atom. The maximum Gasteiger partial charge on any atom is 0.257 e. The van der Waals surface area contributed by atoms with E-state index in [0.717, 1.165) is 10.6 Å². The number of hydrogen-bond donors (Lipinski definition) is 1. The molecule has 0 aliphatic rings. The highest BCUT2D eigenvalue weighted by Gasteiger charge is 2.21. The first-order valence-electron chi connectivity index (χ1n) is 8.36. The van der Waals surface area contributed by atoms with Crippen molar-refractivity contribution in [1.29, 1.82) is 0 Å². The van der Waals surface area contributed by atoms with Crippen molar-refractivity contribution in [3.63, 3.8) is 0 Å². The Bertz CT molecular complexity index is 1010. The van der Waals surface area contributed by atoms with Crippen molar-refractivity contribution in [2.24, 2.45) is 0 Å². The van der Waals surface area contributed by atoms with Gasteiger partial charge in [0.2, 0.25) is 10.0 Å². The molecule has 0 saturated heterocycles. The summed E-state index contributed by atoms with van der Waals surface area (Å²) in [6.45, 7) is 4.39. The molecule has 1 amide bonds. The Balaban J connectivity index is 1.73. The summed E-state index contributed by atoms with van der Waals surface area (Å²) < 4.78 is 26.4. The van der Waals surface area contributed by atoms with E-state index in [4.69, 9.17) is 0 Å². The molecule has 0 aliphatic carbocycles. The molecule has 3 aromatic rings. The number of amides is 1. The number of nitrogens with one attached hydrogen (secondary N) is 1. The molecule has 0 fully saturated rings. The summed E-state index contributed by atoms with van der Waals surface area (Å²) in [5.74, 6) is -0.325. The summed E-state index contributed by atoms with van der Waals surface area (Å²) in [6.07, 6.45) is 0. The number of benzene rings is 1. The van der Waals surface area contributed by atoms with Gasteiger partial charge in [-0.05, 0) is 35.7 Å². The average molecular weight is 422 g/mol. The molecule has 1 N–H and O–H groups in total. The molecule has 0 aliphatic heterocycles. The summed E-state index contributed by atoms with van der Waals surface area (Å²) in [7, 11) is -3.53. The van der Waals surface area contributed by atoms with Crippen LogP contribution in [0.4, 0.5) is 5.13 Å². The smallest absolute Gasteiger partial charge is 0.257 e. The highest BCUT2D eigenvalue weighted by atomic mass is 32.2. The SMILES string of the molecule is CCN(CC)S(=O)(=O)c1ccc(C(=O)Nc2nc(-c3cccs3)cs2)cc1. The first kappa shape index (κ1) is 19.7. The first-order valence-corrected chi connectivity index (χ1v) is 11.6. The number of carbonyl (C=O) groups is 1. The van der Waals surface area contributed by atoms with Crippen molar-refractivity contribution in [3.05, 3.63) is 52.7 Å². The third kappa shape index (κ3) is 4.27. The molecule has 1 aromatic carbocycles. The second-order valence-electron chi connectivity index (χ2n) is 5.58. The van der Waals surface area contributed by atoms with E-state index in [1.165, 1.54) is 39.9 Å². The van der Waals surface area contributed by atoms with Crippen LogP contribution >= 0.6 is 22.7 Å². The molecular formula is C18H19N3O3S3. The van der Waals surface area contributed by atoms with Crippen LogP contribution in [0.2, 0.25) is 0 Å². The van der Waals surface area contributed by atoms with Gasteiger partial charge in [0.15, 0.2) is 5.13 Å². The van der Waals surface area contributed by atoms with Crippen LogP contribution in [0, 0.1) is 0 Å². The van der Waals surface area contributed by atoms with Crippen molar-refractivity contribution in [1.82, 2.24) is 9.29 Å². The fourth-order valence-corrected chi connectivity index (χ4v) is 5.45. The maximum atomic E-state index is 12.5. The molecule has 2 heterocycles. The van der Waals surface area contributed by atoms with Gasteiger partial charge in [0.25, 0.3) is 5.91 Å². The lowest BCUT2D eigenvalue weighted by Crippen LogP contribution is -2.30. The molecule has 0 bridgehead atoms. The number of aromatic nitrogens is 1. The van der Waals surface area contributed by atoms with Crippen LogP contribution in [-0.2, 0) is 10.0 Å². The lowest BCUT2D eigenvalue weighted by Gasteiger charge is -2.18. The third-order valence-corrected chi connectivity index (χ3v) is 7.67. The molecule has 27 heavy (non-hydrogen) atoms. The van der Waals surface area contributed by atoms with E-state index in [2.05, 4.69) is 10.3 Å². The zero-order valence-electron chi connectivity index (χ0n) is 14.9. The molecule has 3 rings (SSSR count). The maximum absolute atomic E-state index is 12.5. The Kier molecular flexibility index (Phi) is 6.05. The molecule has 0 unspecified atom stereocenters. The van der Waals surface area contributed by atoms with Crippen LogP contribution < -0.4 is 5.32 Å². The van der Waals surface area contributed by atoms with Gasteiger partial charge in [0.1, 0.15) is 0 Å². The van der Waals surface area contributed by atoms with Crippen LogP contribution in [-0.4, -0.2) is 36.7 Å². The molecule has 0 radical (unpaired) electrons. The number of thiazole rings is 1. The quantitative estimate of drug-likeness (QED) is 0.621. The van der Waals surface area contributed by atoms with Crippen molar-refractivity contribution >= 4 is 43.7 Å². The van der Waals surface area contributed by atoms with Gasteiger partial charge in [0, 0.05) is 24.0 Å². The van der Waals surface area contributed by atoms with E-state index in [1.807, 2.05) is 22.9 Å². The first-order chi connectivity index (χ1) is 13.0. The van der Waals surface area contributed by atoms with Crippen molar-refractivity contribution < 1.29 is 13.2 Å². The Morgan fingerprint density at radius 3 is 2.41 bits per heavy atom. The monoisotopic (exact) mass is 421 g/mol. The zero-order chi connectivity index (χ0) is 19.4.